The van der Waals surface area contributed by atoms with Crippen molar-refractivity contribution in [3.8, 4) is 5.75 Å². The number of ether oxygens (including phenoxy) is 1. The molecule has 1 aliphatic heterocycles. The monoisotopic (exact) mass is 368 g/mol. The number of benzene rings is 1. The first kappa shape index (κ1) is 19.3. The number of methoxy groups -OCH3 is 1. The summed E-state index contributed by atoms with van der Waals surface area (Å²) in [7, 11) is 3.79. The Balaban J connectivity index is 1.65. The van der Waals surface area contributed by atoms with Gasteiger partial charge in [-0.15, -0.1) is 0 Å². The van der Waals surface area contributed by atoms with E-state index in [0.717, 1.165) is 49.6 Å². The predicted octanol–water partition coefficient (Wildman–Crippen LogP) is 1.93. The maximum Gasteiger partial charge on any atom is 0.222 e. The summed E-state index contributed by atoms with van der Waals surface area (Å²) in [6, 6.07) is 11.5. The van der Waals surface area contributed by atoms with E-state index < -0.39 is 0 Å². The molecule has 2 heterocycles. The average Bonchev–Trinajstić information content (AvgIpc) is 2.72. The molecular formula is C21H28N4O2. The number of hydrogen-bond acceptors (Lipinski definition) is 5. The molecule has 3 rings (SSSR count). The lowest BCUT2D eigenvalue weighted by molar-refractivity contribution is -0.122. The van der Waals surface area contributed by atoms with E-state index in [2.05, 4.69) is 27.1 Å². The molecular weight excluding hydrogens is 340 g/mol. The third kappa shape index (κ3) is 5.52. The third-order valence-electron chi connectivity index (χ3n) is 5.04. The van der Waals surface area contributed by atoms with Crippen LogP contribution in [0.25, 0.3) is 0 Å². The molecule has 1 fully saturated rings. The zero-order valence-corrected chi connectivity index (χ0v) is 16.1. The van der Waals surface area contributed by atoms with Crippen LogP contribution in [0.2, 0.25) is 0 Å². The van der Waals surface area contributed by atoms with Gasteiger partial charge in [0.1, 0.15) is 5.75 Å². The van der Waals surface area contributed by atoms with Crippen molar-refractivity contribution in [3.63, 3.8) is 0 Å². The number of hydrogen-bond donors (Lipinski definition) is 1. The first-order chi connectivity index (χ1) is 13.2. The molecule has 1 amide bonds. The van der Waals surface area contributed by atoms with Crippen LogP contribution in [0.3, 0.4) is 0 Å². The molecule has 1 saturated heterocycles. The number of nitrogens with zero attached hydrogens (tertiary/aromatic N) is 3. The van der Waals surface area contributed by atoms with Gasteiger partial charge in [-0.2, -0.15) is 0 Å². The number of aromatic nitrogens is 1. The molecule has 0 bridgehead atoms. The van der Waals surface area contributed by atoms with Gasteiger partial charge in [0.05, 0.1) is 13.2 Å². The molecule has 0 saturated carbocycles. The van der Waals surface area contributed by atoms with Crippen molar-refractivity contribution in [1.82, 2.24) is 20.1 Å². The lowest BCUT2D eigenvalue weighted by atomic mass is 9.99. The summed E-state index contributed by atoms with van der Waals surface area (Å²) in [4.78, 5) is 21.4. The molecule has 144 valence electrons. The van der Waals surface area contributed by atoms with Gasteiger partial charge in [-0.25, -0.2) is 0 Å². The average molecular weight is 368 g/mol. The number of nitrogens with one attached hydrogen (secondary N) is 1. The van der Waals surface area contributed by atoms with E-state index in [1.807, 2.05) is 36.4 Å². The fraction of sp³-hybridized carbons (Fsp3) is 0.429. The maximum absolute atomic E-state index is 12.6. The standard InChI is InChI=1S/C21H28N4O2/c1-24-13-15-25(16-14-24)12-9-20(26)23-21(18-7-10-22-11-8-18)17-3-5-19(27-2)6-4-17/h3-8,10-11,21H,9,12-16H2,1-2H3,(H,23,26). The highest BCUT2D eigenvalue weighted by atomic mass is 16.5. The fourth-order valence-corrected chi connectivity index (χ4v) is 3.28. The molecule has 1 aliphatic rings. The van der Waals surface area contributed by atoms with E-state index in [-0.39, 0.29) is 11.9 Å². The van der Waals surface area contributed by atoms with Crippen molar-refractivity contribution in [2.75, 3.05) is 46.9 Å². The van der Waals surface area contributed by atoms with Crippen molar-refractivity contribution in [2.45, 2.75) is 12.5 Å². The summed E-state index contributed by atoms with van der Waals surface area (Å²) >= 11 is 0. The predicted molar refractivity (Wildman–Crippen MR) is 106 cm³/mol. The van der Waals surface area contributed by atoms with Crippen LogP contribution in [0.5, 0.6) is 5.75 Å². The summed E-state index contributed by atoms with van der Waals surface area (Å²) in [5.41, 5.74) is 2.04. The number of carbonyl (C=O) groups excluding carboxylic acids is 1. The second-order valence-electron chi connectivity index (χ2n) is 6.95. The van der Waals surface area contributed by atoms with E-state index in [4.69, 9.17) is 4.74 Å². The first-order valence-electron chi connectivity index (χ1n) is 9.40. The molecule has 6 nitrogen and oxygen atoms in total. The summed E-state index contributed by atoms with van der Waals surface area (Å²) in [5.74, 6) is 0.861. The second-order valence-corrected chi connectivity index (χ2v) is 6.95. The summed E-state index contributed by atoms with van der Waals surface area (Å²) < 4.78 is 5.24. The summed E-state index contributed by atoms with van der Waals surface area (Å²) in [5, 5.41) is 3.19. The SMILES string of the molecule is COc1ccc(C(NC(=O)CCN2CCN(C)CC2)c2ccncc2)cc1. The number of piperazine rings is 1. The molecule has 0 spiro atoms. The Morgan fingerprint density at radius 2 is 1.70 bits per heavy atom. The minimum absolute atomic E-state index is 0.0616. The van der Waals surface area contributed by atoms with E-state index in [1.165, 1.54) is 0 Å². The first-order valence-corrected chi connectivity index (χ1v) is 9.40. The number of amides is 1. The maximum atomic E-state index is 12.6. The Labute approximate surface area is 161 Å². The Kier molecular flexibility index (Phi) is 6.79. The second kappa shape index (κ2) is 9.48. The third-order valence-corrected chi connectivity index (χ3v) is 5.04. The van der Waals surface area contributed by atoms with Gasteiger partial charge in [0.2, 0.25) is 5.91 Å². The van der Waals surface area contributed by atoms with Gasteiger partial charge < -0.3 is 19.9 Å². The van der Waals surface area contributed by atoms with Gasteiger partial charge in [0.25, 0.3) is 0 Å². The number of carbonyl (C=O) groups is 1. The van der Waals surface area contributed by atoms with Crippen molar-refractivity contribution in [1.29, 1.82) is 0 Å². The highest BCUT2D eigenvalue weighted by molar-refractivity contribution is 5.77. The van der Waals surface area contributed by atoms with Gasteiger partial charge in [0, 0.05) is 51.5 Å². The highest BCUT2D eigenvalue weighted by Crippen LogP contribution is 2.24. The number of likely N-dealkylation sites (N-methyl/N-ethyl adjacent to an activating group) is 1. The molecule has 1 unspecified atom stereocenters. The minimum Gasteiger partial charge on any atom is -0.497 e. The van der Waals surface area contributed by atoms with Gasteiger partial charge in [0.15, 0.2) is 0 Å². The summed E-state index contributed by atoms with van der Waals surface area (Å²) in [6.07, 6.45) is 4.01. The minimum atomic E-state index is -0.195. The number of rotatable bonds is 7. The van der Waals surface area contributed by atoms with Gasteiger partial charge in [-0.3, -0.25) is 9.78 Å². The lowest BCUT2D eigenvalue weighted by Crippen LogP contribution is -2.45. The van der Waals surface area contributed by atoms with Crippen LogP contribution < -0.4 is 10.1 Å². The molecule has 6 heteroatoms. The Morgan fingerprint density at radius 1 is 1.07 bits per heavy atom. The van der Waals surface area contributed by atoms with Crippen LogP contribution in [0.15, 0.2) is 48.8 Å². The normalized spacial score (nSPS) is 16.7. The quantitative estimate of drug-likeness (QED) is 0.809. The molecule has 0 aliphatic carbocycles. The zero-order valence-electron chi connectivity index (χ0n) is 16.1. The van der Waals surface area contributed by atoms with Gasteiger partial charge in [-0.1, -0.05) is 12.1 Å². The van der Waals surface area contributed by atoms with Crippen LogP contribution in [0, 0.1) is 0 Å². The number of pyridine rings is 1. The van der Waals surface area contributed by atoms with E-state index >= 15 is 0 Å². The smallest absolute Gasteiger partial charge is 0.222 e. The van der Waals surface area contributed by atoms with Gasteiger partial charge in [-0.05, 0) is 42.4 Å². The molecule has 1 aromatic heterocycles. The molecule has 27 heavy (non-hydrogen) atoms. The molecule has 2 aromatic rings. The Hall–Kier alpha value is -2.44. The highest BCUT2D eigenvalue weighted by Gasteiger charge is 2.19. The Bertz CT molecular complexity index is 713. The molecule has 0 radical (unpaired) electrons. The molecule has 1 aromatic carbocycles. The van der Waals surface area contributed by atoms with Crippen molar-refractivity contribution < 1.29 is 9.53 Å². The molecule has 1 N–H and O–H groups in total. The van der Waals surface area contributed by atoms with Crippen molar-refractivity contribution in [3.05, 3.63) is 59.9 Å². The fourth-order valence-electron chi connectivity index (χ4n) is 3.28. The topological polar surface area (TPSA) is 57.7 Å². The van der Waals surface area contributed by atoms with E-state index in [9.17, 15) is 4.79 Å². The van der Waals surface area contributed by atoms with E-state index in [0.29, 0.717) is 6.42 Å². The van der Waals surface area contributed by atoms with Crippen LogP contribution in [-0.4, -0.2) is 67.6 Å². The van der Waals surface area contributed by atoms with Crippen LogP contribution in [-0.2, 0) is 4.79 Å². The zero-order chi connectivity index (χ0) is 19.1. The van der Waals surface area contributed by atoms with Crippen molar-refractivity contribution >= 4 is 5.91 Å². The largest absolute Gasteiger partial charge is 0.497 e. The van der Waals surface area contributed by atoms with Gasteiger partial charge >= 0.3 is 0 Å². The molecule has 1 atom stereocenters. The van der Waals surface area contributed by atoms with Crippen LogP contribution in [0.4, 0.5) is 0 Å². The van der Waals surface area contributed by atoms with Crippen LogP contribution in [0.1, 0.15) is 23.6 Å². The van der Waals surface area contributed by atoms with Crippen molar-refractivity contribution in [2.24, 2.45) is 0 Å². The van der Waals surface area contributed by atoms with E-state index in [1.54, 1.807) is 19.5 Å². The lowest BCUT2D eigenvalue weighted by Gasteiger charge is -2.32. The Morgan fingerprint density at radius 3 is 2.33 bits per heavy atom. The van der Waals surface area contributed by atoms with Crippen LogP contribution >= 0.6 is 0 Å². The summed E-state index contributed by atoms with van der Waals surface area (Å²) in [6.45, 7) is 4.97.